The number of nitrogens with zero attached hydrogens (tertiary/aromatic N) is 1. The zero-order valence-corrected chi connectivity index (χ0v) is 25.7. The molecule has 1 heterocycles. The second-order valence-corrected chi connectivity index (χ2v) is 14.2. The van der Waals surface area contributed by atoms with Crippen molar-refractivity contribution < 1.29 is 37.4 Å². The van der Waals surface area contributed by atoms with Crippen LogP contribution in [0.4, 0.5) is 9.59 Å². The maximum atomic E-state index is 14.6. The number of quaternary nitrogens is 1. The lowest BCUT2D eigenvalue weighted by molar-refractivity contribution is -0.792. The van der Waals surface area contributed by atoms with Crippen LogP contribution >= 0.6 is 7.37 Å². The quantitative estimate of drug-likeness (QED) is 0.232. The third-order valence-electron chi connectivity index (χ3n) is 7.27. The van der Waals surface area contributed by atoms with E-state index in [4.69, 9.17) is 14.0 Å². The molecule has 0 spiro atoms. The summed E-state index contributed by atoms with van der Waals surface area (Å²) in [4.78, 5) is 40.4. The highest BCUT2D eigenvalue weighted by molar-refractivity contribution is 7.60. The third-order valence-corrected chi connectivity index (χ3v) is 10.0. The molecule has 1 aliphatic rings. The fourth-order valence-corrected chi connectivity index (χ4v) is 7.54. The first kappa shape index (κ1) is 32.5. The van der Waals surface area contributed by atoms with Gasteiger partial charge in [-0.1, -0.05) is 60.7 Å². The zero-order chi connectivity index (χ0) is 30.1. The topological polar surface area (TPSA) is 108 Å². The van der Waals surface area contributed by atoms with Crippen LogP contribution in [-0.2, 0) is 36.4 Å². The Labute approximate surface area is 243 Å². The smallest absolute Gasteiger partial charge is 0.445 e. The van der Waals surface area contributed by atoms with Crippen molar-refractivity contribution in [2.75, 3.05) is 19.3 Å². The number of hydrogen-bond acceptors (Lipinski definition) is 7. The second kappa shape index (κ2) is 14.3. The van der Waals surface area contributed by atoms with Crippen molar-refractivity contribution in [3.63, 3.8) is 0 Å². The van der Waals surface area contributed by atoms with Crippen LogP contribution in [-0.4, -0.2) is 59.3 Å². The summed E-state index contributed by atoms with van der Waals surface area (Å²) in [6.45, 7) is 9.15. The molecule has 3 rings (SSSR count). The maximum absolute atomic E-state index is 14.6. The number of ether oxygens (including phenoxy) is 2. The first-order valence-corrected chi connectivity index (χ1v) is 16.2. The summed E-state index contributed by atoms with van der Waals surface area (Å²) < 4.78 is 31.0. The minimum Gasteiger partial charge on any atom is -0.445 e. The molecule has 1 aliphatic heterocycles. The summed E-state index contributed by atoms with van der Waals surface area (Å²) in [5.41, 5.74) is 0.992. The fraction of sp³-hybridized carbons (Fsp3) is 0.516. The fourth-order valence-electron chi connectivity index (χ4n) is 5.16. The van der Waals surface area contributed by atoms with Crippen LogP contribution in [0.2, 0.25) is 0 Å². The Bertz CT molecular complexity index is 1220. The summed E-state index contributed by atoms with van der Waals surface area (Å²) in [5.74, 6) is -1.53. The number of amides is 3. The van der Waals surface area contributed by atoms with E-state index in [1.54, 1.807) is 27.7 Å². The van der Waals surface area contributed by atoms with Crippen molar-refractivity contribution in [2.45, 2.75) is 84.3 Å². The van der Waals surface area contributed by atoms with Gasteiger partial charge in [-0.3, -0.25) is 4.57 Å². The Hall–Kier alpha value is -3.00. The monoisotopic (exact) mass is 587 g/mol. The van der Waals surface area contributed by atoms with Crippen molar-refractivity contribution in [1.82, 2.24) is 5.32 Å². The number of alkyl carbamates (subject to hydrolysis) is 1. The van der Waals surface area contributed by atoms with Crippen LogP contribution in [0.1, 0.15) is 65.0 Å². The maximum Gasteiger partial charge on any atom is 0.524 e. The number of nitrogens with one attached hydrogen (secondary N) is 1. The Balaban J connectivity index is 1.88. The molecular weight excluding hydrogens is 543 g/mol. The number of aryl methyl sites for hydroxylation is 1. The predicted octanol–water partition coefficient (Wildman–Crippen LogP) is 6.65. The normalized spacial score (nSPS) is 21.0. The van der Waals surface area contributed by atoms with Crippen molar-refractivity contribution in [3.05, 3.63) is 71.8 Å². The van der Waals surface area contributed by atoms with E-state index in [0.717, 1.165) is 11.1 Å². The van der Waals surface area contributed by atoms with Crippen molar-refractivity contribution in [2.24, 2.45) is 0 Å². The molecule has 224 valence electrons. The van der Waals surface area contributed by atoms with Crippen LogP contribution in [0.25, 0.3) is 0 Å². The molecule has 2 aromatic carbocycles. The zero-order valence-electron chi connectivity index (χ0n) is 24.8. The van der Waals surface area contributed by atoms with E-state index in [1.165, 1.54) is 0 Å². The van der Waals surface area contributed by atoms with Gasteiger partial charge in [0.15, 0.2) is 0 Å². The van der Waals surface area contributed by atoms with Gasteiger partial charge >= 0.3 is 18.1 Å². The highest BCUT2D eigenvalue weighted by Gasteiger charge is 2.57. The molecule has 41 heavy (non-hydrogen) atoms. The molecular formula is C31H44N2O7P+. The first-order valence-electron chi connectivity index (χ1n) is 14.3. The number of hydrogen-bond donors (Lipinski definition) is 1. The highest BCUT2D eigenvalue weighted by Crippen LogP contribution is 2.53. The summed E-state index contributed by atoms with van der Waals surface area (Å²) in [5, 5.41) is 2.75. The van der Waals surface area contributed by atoms with Crippen LogP contribution in [0, 0.1) is 0 Å². The molecule has 0 aliphatic carbocycles. The van der Waals surface area contributed by atoms with Crippen molar-refractivity contribution in [3.8, 4) is 0 Å². The van der Waals surface area contributed by atoms with Crippen LogP contribution in [0.3, 0.4) is 0 Å². The van der Waals surface area contributed by atoms with Gasteiger partial charge in [-0.2, -0.15) is 9.28 Å². The second-order valence-electron chi connectivity index (χ2n) is 11.5. The lowest BCUT2D eigenvalue weighted by Gasteiger charge is -2.36. The number of rotatable bonds is 11. The molecule has 1 fully saturated rings. The van der Waals surface area contributed by atoms with Crippen molar-refractivity contribution in [1.29, 1.82) is 0 Å². The molecule has 4 atom stereocenters. The van der Waals surface area contributed by atoms with Crippen molar-refractivity contribution >= 4 is 25.5 Å². The number of carbonyl (C=O) groups is 3. The van der Waals surface area contributed by atoms with Gasteiger partial charge in [0, 0.05) is 12.8 Å². The molecule has 10 heteroatoms. The summed E-state index contributed by atoms with van der Waals surface area (Å²) in [6, 6.07) is 18.5. The number of carbonyl (C=O) groups excluding carboxylic acids is 3. The first-order chi connectivity index (χ1) is 19.4. The average Bonchev–Trinajstić information content (AvgIpc) is 3.32. The molecule has 1 N–H and O–H groups in total. The summed E-state index contributed by atoms with van der Waals surface area (Å²) in [7, 11) is -3.87. The highest BCUT2D eigenvalue weighted by atomic mass is 31.2. The number of benzene rings is 2. The third kappa shape index (κ3) is 8.74. The van der Waals surface area contributed by atoms with E-state index < -0.39 is 47.5 Å². The van der Waals surface area contributed by atoms with E-state index in [1.807, 2.05) is 67.6 Å². The molecule has 0 aromatic heterocycles. The Morgan fingerprint density at radius 2 is 1.63 bits per heavy atom. The van der Waals surface area contributed by atoms with Gasteiger partial charge in [-0.15, -0.1) is 0 Å². The van der Waals surface area contributed by atoms with Gasteiger partial charge in [0.1, 0.15) is 30.2 Å². The standard InChI is InChI=1S/C31H43N2O7P/c1-6-39-41(37,23-28(34)33(21-13-14-24(33)2)30(36)40-31(3,4)5)27(20-19-25-15-9-7-10-16-25)32-29(35)38-22-26-17-11-8-12-18-26/h7-12,15-18,24,27H,6,13-14,19-23H2,1-5H3/p+1/t24-,27?,33?,41?/m1/s1. The molecule has 0 radical (unpaired) electrons. The van der Waals surface area contributed by atoms with Crippen LogP contribution in [0.5, 0.6) is 0 Å². The van der Waals surface area contributed by atoms with E-state index in [-0.39, 0.29) is 32.2 Å². The Morgan fingerprint density at radius 3 is 2.17 bits per heavy atom. The number of imide groups is 1. The lowest BCUT2D eigenvalue weighted by Crippen LogP contribution is -2.61. The van der Waals surface area contributed by atoms with Gasteiger partial charge in [0.25, 0.3) is 0 Å². The van der Waals surface area contributed by atoms with Crippen LogP contribution in [0.15, 0.2) is 60.7 Å². The summed E-state index contributed by atoms with van der Waals surface area (Å²) >= 11 is 0. The lowest BCUT2D eigenvalue weighted by atomic mass is 10.1. The van der Waals surface area contributed by atoms with Gasteiger partial charge in [0.2, 0.25) is 7.37 Å². The molecule has 3 unspecified atom stereocenters. The average molecular weight is 588 g/mol. The molecule has 2 aromatic rings. The van der Waals surface area contributed by atoms with Gasteiger partial charge in [-0.25, -0.2) is 9.59 Å². The summed E-state index contributed by atoms with van der Waals surface area (Å²) in [6.07, 6.45) is 0.132. The molecule has 0 bridgehead atoms. The predicted molar refractivity (Wildman–Crippen MR) is 157 cm³/mol. The SMILES string of the molecule is CCOP(=O)(CC(=O)[N+]1(C(=O)OC(C)(C)C)CCC[C@H]1C)C(CCc1ccccc1)NC(=O)OCc1ccccc1. The molecule has 3 amide bonds. The number of likely N-dealkylation sites (tertiary alicyclic amines) is 1. The molecule has 1 saturated heterocycles. The van der Waals surface area contributed by atoms with E-state index in [2.05, 4.69) is 5.32 Å². The van der Waals surface area contributed by atoms with E-state index in [9.17, 15) is 18.9 Å². The molecule has 0 saturated carbocycles. The van der Waals surface area contributed by atoms with Gasteiger partial charge < -0.3 is 19.3 Å². The Kier molecular flexibility index (Phi) is 11.3. The Morgan fingerprint density at radius 1 is 1.02 bits per heavy atom. The van der Waals surface area contributed by atoms with E-state index in [0.29, 0.717) is 19.3 Å². The molecule has 9 nitrogen and oxygen atoms in total. The van der Waals surface area contributed by atoms with Crippen LogP contribution < -0.4 is 5.32 Å². The minimum absolute atomic E-state index is 0.0338. The van der Waals surface area contributed by atoms with E-state index >= 15 is 0 Å². The van der Waals surface area contributed by atoms with Gasteiger partial charge in [0.05, 0.1) is 13.2 Å². The van der Waals surface area contributed by atoms with Gasteiger partial charge in [-0.05, 0) is 58.6 Å². The minimum atomic E-state index is -3.87. The largest absolute Gasteiger partial charge is 0.524 e.